The molecule has 0 aliphatic heterocycles. The number of hydrogen-bond donors (Lipinski definition) is 4. The second-order valence-electron chi connectivity index (χ2n) is 10.8. The van der Waals surface area contributed by atoms with Crippen molar-refractivity contribution < 1.29 is 26.4 Å². The summed E-state index contributed by atoms with van der Waals surface area (Å²) in [5, 5.41) is 5.40. The number of carbonyl (C=O) groups excluding carboxylic acids is 2. The minimum atomic E-state index is -3.80. The van der Waals surface area contributed by atoms with Gasteiger partial charge >= 0.3 is 0 Å². The Morgan fingerprint density at radius 1 is 0.489 bits per heavy atom. The first-order chi connectivity index (χ1) is 21.2. The molecule has 0 atom stereocenters. The summed E-state index contributed by atoms with van der Waals surface area (Å²) < 4.78 is 56.1. The lowest BCUT2D eigenvalue weighted by Gasteiger charge is -2.11. The van der Waals surface area contributed by atoms with Gasteiger partial charge in [0.2, 0.25) is 11.8 Å². The number of nitrogens with one attached hydrogen (secondary N) is 4. The average molecular weight is 649 g/mol. The molecule has 0 saturated carbocycles. The number of aryl methyl sites for hydroxylation is 4. The Morgan fingerprint density at radius 2 is 0.822 bits per heavy atom. The van der Waals surface area contributed by atoms with Gasteiger partial charge in [0.25, 0.3) is 20.0 Å². The fourth-order valence-electron chi connectivity index (χ4n) is 4.33. The van der Waals surface area contributed by atoms with E-state index in [1.807, 2.05) is 39.8 Å². The number of sulfonamides is 2. The van der Waals surface area contributed by atoms with E-state index in [9.17, 15) is 26.4 Å². The molecule has 12 heteroatoms. The van der Waals surface area contributed by atoms with Gasteiger partial charge in [0.05, 0.1) is 9.79 Å². The van der Waals surface area contributed by atoms with E-state index in [4.69, 9.17) is 0 Å². The van der Waals surface area contributed by atoms with Crippen LogP contribution in [0.3, 0.4) is 0 Å². The summed E-state index contributed by atoms with van der Waals surface area (Å²) in [4.78, 5) is 24.9. The molecule has 0 aliphatic carbocycles. The summed E-state index contributed by atoms with van der Waals surface area (Å²) in [5.74, 6) is -0.644. The van der Waals surface area contributed by atoms with Crippen molar-refractivity contribution in [3.63, 3.8) is 0 Å². The van der Waals surface area contributed by atoms with Crippen LogP contribution in [0.15, 0.2) is 94.7 Å². The van der Waals surface area contributed by atoms with Crippen molar-refractivity contribution in [1.29, 1.82) is 0 Å². The first-order valence-electron chi connectivity index (χ1n) is 14.2. The summed E-state index contributed by atoms with van der Waals surface area (Å²) in [5.41, 5.74) is 5.83. The van der Waals surface area contributed by atoms with Crippen LogP contribution in [0.2, 0.25) is 0 Å². The van der Waals surface area contributed by atoms with Crippen molar-refractivity contribution in [2.24, 2.45) is 0 Å². The molecule has 2 amide bonds. The third kappa shape index (κ3) is 9.16. The number of rotatable bonds is 12. The Kier molecular flexibility index (Phi) is 10.3. The number of hydrogen-bond acceptors (Lipinski definition) is 6. The molecule has 0 spiro atoms. The van der Waals surface area contributed by atoms with Crippen LogP contribution < -0.4 is 20.1 Å². The van der Waals surface area contributed by atoms with E-state index in [0.29, 0.717) is 22.7 Å². The van der Waals surface area contributed by atoms with E-state index in [1.165, 1.54) is 48.5 Å². The Balaban J connectivity index is 1.22. The van der Waals surface area contributed by atoms with Crippen LogP contribution in [0, 0.1) is 27.7 Å². The fraction of sp³-hybridized carbons (Fsp3) is 0.212. The van der Waals surface area contributed by atoms with Gasteiger partial charge in [0.15, 0.2) is 0 Å². The summed E-state index contributed by atoms with van der Waals surface area (Å²) in [7, 11) is -7.61. The van der Waals surface area contributed by atoms with Gasteiger partial charge in [0, 0.05) is 35.6 Å². The van der Waals surface area contributed by atoms with Crippen LogP contribution in [-0.4, -0.2) is 28.6 Å². The lowest BCUT2D eigenvalue weighted by atomic mass is 10.1. The molecule has 45 heavy (non-hydrogen) atoms. The summed E-state index contributed by atoms with van der Waals surface area (Å²) in [6.45, 7) is 7.69. The van der Waals surface area contributed by atoms with Crippen LogP contribution in [0.5, 0.6) is 0 Å². The number of benzene rings is 4. The monoisotopic (exact) mass is 648 g/mol. The Bertz CT molecular complexity index is 1780. The second-order valence-corrected chi connectivity index (χ2v) is 14.2. The average Bonchev–Trinajstić information content (AvgIpc) is 2.97. The summed E-state index contributed by atoms with van der Waals surface area (Å²) >= 11 is 0. The smallest absolute Gasteiger partial charge is 0.261 e. The van der Waals surface area contributed by atoms with E-state index in [2.05, 4.69) is 20.1 Å². The molecular formula is C33H36N4O6S2. The number of anilines is 4. The molecule has 4 N–H and O–H groups in total. The minimum absolute atomic E-state index is 0.0543. The fourth-order valence-corrected chi connectivity index (χ4v) is 6.43. The Morgan fingerprint density at radius 3 is 1.16 bits per heavy atom. The van der Waals surface area contributed by atoms with E-state index in [1.54, 1.807) is 24.3 Å². The predicted molar refractivity (Wildman–Crippen MR) is 177 cm³/mol. The van der Waals surface area contributed by atoms with Crippen LogP contribution in [0.25, 0.3) is 0 Å². The standard InChI is InChI=1S/C33H36N4O6S2/c1-22-8-10-28(20-24(22)3)36-44(40,41)30-16-12-26(13-17-30)34-32(38)6-5-7-33(39)35-27-14-18-31(19-15-27)45(42,43)37-29-11-9-23(2)25(4)21-29/h8-21,36-37H,5-7H2,1-4H3,(H,34,38)(H,35,39). The highest BCUT2D eigenvalue weighted by Crippen LogP contribution is 2.22. The summed E-state index contributed by atoms with van der Waals surface area (Å²) in [6.07, 6.45) is 0.419. The molecule has 0 unspecified atom stereocenters. The molecule has 4 aromatic rings. The van der Waals surface area contributed by atoms with Crippen molar-refractivity contribution in [1.82, 2.24) is 0 Å². The van der Waals surface area contributed by atoms with Crippen molar-refractivity contribution in [3.8, 4) is 0 Å². The van der Waals surface area contributed by atoms with Gasteiger partial charge in [-0.1, -0.05) is 12.1 Å². The first-order valence-corrected chi connectivity index (χ1v) is 17.2. The highest BCUT2D eigenvalue weighted by Gasteiger charge is 2.16. The predicted octanol–water partition coefficient (Wildman–Crippen LogP) is 6.27. The molecule has 0 aliphatic rings. The van der Waals surface area contributed by atoms with Crippen molar-refractivity contribution in [2.45, 2.75) is 56.7 Å². The van der Waals surface area contributed by atoms with Crippen molar-refractivity contribution in [3.05, 3.63) is 107 Å². The molecule has 0 radical (unpaired) electrons. The SMILES string of the molecule is Cc1ccc(NS(=O)(=O)c2ccc(NC(=O)CCCC(=O)Nc3ccc(S(=O)(=O)Nc4ccc(C)c(C)c4)cc3)cc2)cc1C. The maximum atomic E-state index is 12.7. The Hall–Kier alpha value is -4.68. The number of carbonyl (C=O) groups is 2. The third-order valence-electron chi connectivity index (χ3n) is 7.22. The van der Waals surface area contributed by atoms with Gasteiger partial charge in [-0.2, -0.15) is 0 Å². The second kappa shape index (κ2) is 14.0. The minimum Gasteiger partial charge on any atom is -0.326 e. The van der Waals surface area contributed by atoms with Crippen molar-refractivity contribution in [2.75, 3.05) is 20.1 Å². The summed E-state index contributed by atoms with van der Waals surface area (Å²) in [6, 6.07) is 22.2. The van der Waals surface area contributed by atoms with Crippen LogP contribution in [0.4, 0.5) is 22.7 Å². The van der Waals surface area contributed by atoms with Gasteiger partial charge in [-0.15, -0.1) is 0 Å². The molecule has 4 aromatic carbocycles. The lowest BCUT2D eigenvalue weighted by molar-refractivity contribution is -0.117. The highest BCUT2D eigenvalue weighted by molar-refractivity contribution is 7.93. The quantitative estimate of drug-likeness (QED) is 0.142. The third-order valence-corrected chi connectivity index (χ3v) is 10.0. The van der Waals surface area contributed by atoms with Gasteiger partial charge in [-0.05, 0) is 129 Å². The normalized spacial score (nSPS) is 11.5. The topological polar surface area (TPSA) is 151 Å². The number of amides is 2. The highest BCUT2D eigenvalue weighted by atomic mass is 32.2. The Labute approximate surface area is 264 Å². The lowest BCUT2D eigenvalue weighted by Crippen LogP contribution is -2.16. The molecule has 0 saturated heterocycles. The van der Waals surface area contributed by atoms with Gasteiger partial charge < -0.3 is 10.6 Å². The largest absolute Gasteiger partial charge is 0.326 e. The zero-order chi connectivity index (χ0) is 32.8. The van der Waals surface area contributed by atoms with Gasteiger partial charge in [0.1, 0.15) is 0 Å². The van der Waals surface area contributed by atoms with E-state index in [-0.39, 0.29) is 40.9 Å². The van der Waals surface area contributed by atoms with Crippen LogP contribution in [0.1, 0.15) is 41.5 Å². The molecule has 10 nitrogen and oxygen atoms in total. The van der Waals surface area contributed by atoms with E-state index < -0.39 is 20.0 Å². The first kappa shape index (κ1) is 33.2. The van der Waals surface area contributed by atoms with E-state index in [0.717, 1.165) is 22.3 Å². The molecule has 0 aromatic heterocycles. The van der Waals surface area contributed by atoms with Gasteiger partial charge in [-0.25, -0.2) is 16.8 Å². The molecule has 4 rings (SSSR count). The molecule has 0 heterocycles. The molecule has 0 bridgehead atoms. The molecule has 236 valence electrons. The maximum Gasteiger partial charge on any atom is 0.261 e. The van der Waals surface area contributed by atoms with Crippen LogP contribution >= 0.6 is 0 Å². The maximum absolute atomic E-state index is 12.7. The zero-order valence-electron chi connectivity index (χ0n) is 25.5. The van der Waals surface area contributed by atoms with Crippen molar-refractivity contribution >= 4 is 54.6 Å². The van der Waals surface area contributed by atoms with Gasteiger partial charge in [-0.3, -0.25) is 19.0 Å². The van der Waals surface area contributed by atoms with Crippen LogP contribution in [-0.2, 0) is 29.6 Å². The zero-order valence-corrected chi connectivity index (χ0v) is 27.1. The molecule has 0 fully saturated rings. The molecular weight excluding hydrogens is 613 g/mol. The van der Waals surface area contributed by atoms with E-state index >= 15 is 0 Å².